The molecule has 4 N–H and O–H groups in total. The van der Waals surface area contributed by atoms with Crippen molar-refractivity contribution < 1.29 is 9.42 Å². The number of oxime groups is 1. The summed E-state index contributed by atoms with van der Waals surface area (Å²) < 4.78 is 11.1. The Morgan fingerprint density at radius 1 is 1.72 bits per heavy atom. The molecule has 1 heterocycles. The first kappa shape index (κ1) is 14.6. The van der Waals surface area contributed by atoms with Crippen molar-refractivity contribution in [1.29, 1.82) is 0 Å². The third kappa shape index (κ3) is 4.42. The molecular weight excluding hydrogens is 252 g/mol. The van der Waals surface area contributed by atoms with Crippen molar-refractivity contribution in [3.8, 4) is 0 Å². The molecule has 0 aromatic carbocycles. The first-order valence-electron chi connectivity index (χ1n) is 5.49. The van der Waals surface area contributed by atoms with Crippen LogP contribution in [0.5, 0.6) is 0 Å². The SMILES string of the molecule is CC(CS(C)=O)NCc1cccnc1/C(N)=N/O. The Morgan fingerprint density at radius 3 is 3.06 bits per heavy atom. The fourth-order valence-corrected chi connectivity index (χ4v) is 2.38. The summed E-state index contributed by atoms with van der Waals surface area (Å²) in [6.45, 7) is 2.48. The van der Waals surface area contributed by atoms with Gasteiger partial charge in [-0.1, -0.05) is 11.2 Å². The van der Waals surface area contributed by atoms with Crippen LogP contribution in [0, 0.1) is 0 Å². The fraction of sp³-hybridized carbons (Fsp3) is 0.455. The number of nitrogens with two attached hydrogens (primary N) is 1. The molecule has 0 radical (unpaired) electrons. The predicted molar refractivity (Wildman–Crippen MR) is 72.0 cm³/mol. The number of pyridine rings is 1. The molecule has 18 heavy (non-hydrogen) atoms. The van der Waals surface area contributed by atoms with Gasteiger partial charge in [-0.25, -0.2) is 0 Å². The van der Waals surface area contributed by atoms with Crippen LogP contribution in [0.4, 0.5) is 0 Å². The molecule has 0 fully saturated rings. The highest BCUT2D eigenvalue weighted by molar-refractivity contribution is 7.84. The average molecular weight is 270 g/mol. The minimum absolute atomic E-state index is 0.0147. The van der Waals surface area contributed by atoms with E-state index in [2.05, 4.69) is 15.5 Å². The monoisotopic (exact) mass is 270 g/mol. The summed E-state index contributed by atoms with van der Waals surface area (Å²) in [6.07, 6.45) is 3.26. The summed E-state index contributed by atoms with van der Waals surface area (Å²) in [5.74, 6) is 0.568. The van der Waals surface area contributed by atoms with Gasteiger partial charge >= 0.3 is 0 Å². The fourth-order valence-electron chi connectivity index (χ4n) is 1.55. The van der Waals surface area contributed by atoms with Crippen molar-refractivity contribution >= 4 is 16.6 Å². The zero-order chi connectivity index (χ0) is 13.5. The molecular formula is C11H18N4O2S. The van der Waals surface area contributed by atoms with Gasteiger partial charge in [0.05, 0.1) is 0 Å². The highest BCUT2D eigenvalue weighted by Gasteiger charge is 2.09. The minimum atomic E-state index is -0.836. The van der Waals surface area contributed by atoms with E-state index in [0.717, 1.165) is 5.56 Å². The lowest BCUT2D eigenvalue weighted by molar-refractivity contribution is 0.318. The maximum atomic E-state index is 11.1. The van der Waals surface area contributed by atoms with Gasteiger partial charge in [0.15, 0.2) is 5.84 Å². The van der Waals surface area contributed by atoms with Crippen molar-refractivity contribution in [2.45, 2.75) is 19.5 Å². The number of nitrogens with zero attached hydrogens (tertiary/aromatic N) is 2. The summed E-state index contributed by atoms with van der Waals surface area (Å²) in [7, 11) is -0.836. The maximum absolute atomic E-state index is 11.1. The Bertz CT molecular complexity index is 450. The third-order valence-electron chi connectivity index (χ3n) is 2.37. The molecule has 0 aliphatic heterocycles. The summed E-state index contributed by atoms with van der Waals surface area (Å²) in [4.78, 5) is 4.07. The predicted octanol–water partition coefficient (Wildman–Crippen LogP) is 0.0327. The Balaban J connectivity index is 2.70. The van der Waals surface area contributed by atoms with E-state index in [9.17, 15) is 4.21 Å². The second-order valence-electron chi connectivity index (χ2n) is 4.02. The molecule has 0 saturated carbocycles. The largest absolute Gasteiger partial charge is 0.409 e. The maximum Gasteiger partial charge on any atom is 0.189 e. The van der Waals surface area contributed by atoms with Crippen LogP contribution in [0.25, 0.3) is 0 Å². The quantitative estimate of drug-likeness (QED) is 0.293. The van der Waals surface area contributed by atoms with E-state index < -0.39 is 10.8 Å². The van der Waals surface area contributed by atoms with Crippen molar-refractivity contribution in [2.24, 2.45) is 10.9 Å². The molecule has 0 amide bonds. The molecule has 0 aliphatic rings. The highest BCUT2D eigenvalue weighted by atomic mass is 32.2. The topological polar surface area (TPSA) is 101 Å². The Morgan fingerprint density at radius 2 is 2.44 bits per heavy atom. The van der Waals surface area contributed by atoms with E-state index in [-0.39, 0.29) is 11.9 Å². The molecule has 7 heteroatoms. The molecule has 1 rings (SSSR count). The van der Waals surface area contributed by atoms with E-state index in [1.165, 1.54) is 0 Å². The summed E-state index contributed by atoms with van der Waals surface area (Å²) in [6, 6.07) is 3.76. The molecule has 100 valence electrons. The molecule has 1 aromatic heterocycles. The first-order valence-corrected chi connectivity index (χ1v) is 7.22. The van der Waals surface area contributed by atoms with Gasteiger partial charge in [-0.15, -0.1) is 0 Å². The highest BCUT2D eigenvalue weighted by Crippen LogP contribution is 2.05. The number of rotatable bonds is 6. The van der Waals surface area contributed by atoms with Crippen LogP contribution in [0.1, 0.15) is 18.2 Å². The molecule has 2 atom stereocenters. The van der Waals surface area contributed by atoms with Crippen LogP contribution in [0.15, 0.2) is 23.5 Å². The van der Waals surface area contributed by atoms with Gasteiger partial charge in [0.2, 0.25) is 0 Å². The zero-order valence-corrected chi connectivity index (χ0v) is 11.3. The molecule has 2 unspecified atom stereocenters. The second kappa shape index (κ2) is 7.07. The zero-order valence-electron chi connectivity index (χ0n) is 10.5. The first-order chi connectivity index (χ1) is 8.54. The van der Waals surface area contributed by atoms with Gasteiger partial charge in [0.25, 0.3) is 0 Å². The van der Waals surface area contributed by atoms with Crippen LogP contribution in [-0.2, 0) is 17.3 Å². The molecule has 0 aliphatic carbocycles. The van der Waals surface area contributed by atoms with Gasteiger partial charge in [0, 0.05) is 41.6 Å². The van der Waals surface area contributed by atoms with Crippen molar-refractivity contribution in [3.05, 3.63) is 29.6 Å². The van der Waals surface area contributed by atoms with Crippen LogP contribution in [0.3, 0.4) is 0 Å². The van der Waals surface area contributed by atoms with Crippen LogP contribution >= 0.6 is 0 Å². The van der Waals surface area contributed by atoms with E-state index >= 15 is 0 Å². The Kier molecular flexibility index (Phi) is 5.73. The number of nitrogens with one attached hydrogen (secondary N) is 1. The lowest BCUT2D eigenvalue weighted by Gasteiger charge is -2.13. The van der Waals surface area contributed by atoms with Crippen LogP contribution < -0.4 is 11.1 Å². The Labute approximate surface area is 109 Å². The summed E-state index contributed by atoms with van der Waals surface area (Å²) in [5.41, 5.74) is 6.83. The smallest absolute Gasteiger partial charge is 0.189 e. The van der Waals surface area contributed by atoms with Crippen molar-refractivity contribution in [1.82, 2.24) is 10.3 Å². The minimum Gasteiger partial charge on any atom is -0.409 e. The number of hydrogen-bond acceptors (Lipinski definition) is 5. The van der Waals surface area contributed by atoms with E-state index in [0.29, 0.717) is 18.0 Å². The van der Waals surface area contributed by atoms with Crippen molar-refractivity contribution in [3.63, 3.8) is 0 Å². The van der Waals surface area contributed by atoms with Crippen molar-refractivity contribution in [2.75, 3.05) is 12.0 Å². The molecule has 0 bridgehead atoms. The second-order valence-corrected chi connectivity index (χ2v) is 5.50. The van der Waals surface area contributed by atoms with E-state index in [1.54, 1.807) is 18.5 Å². The average Bonchev–Trinajstić information content (AvgIpc) is 2.35. The lowest BCUT2D eigenvalue weighted by atomic mass is 10.1. The number of hydrogen-bond donors (Lipinski definition) is 3. The summed E-state index contributed by atoms with van der Waals surface area (Å²) in [5, 5.41) is 14.8. The van der Waals surface area contributed by atoms with Gasteiger partial charge in [-0.2, -0.15) is 0 Å². The van der Waals surface area contributed by atoms with Gasteiger partial charge < -0.3 is 16.3 Å². The molecule has 1 aromatic rings. The molecule has 6 nitrogen and oxygen atoms in total. The normalized spacial score (nSPS) is 15.3. The van der Waals surface area contributed by atoms with E-state index in [4.69, 9.17) is 10.9 Å². The third-order valence-corrected chi connectivity index (χ3v) is 3.34. The summed E-state index contributed by atoms with van der Waals surface area (Å²) >= 11 is 0. The van der Waals surface area contributed by atoms with Gasteiger partial charge in [-0.3, -0.25) is 9.19 Å². The number of amidine groups is 1. The Hall–Kier alpha value is -1.47. The molecule has 0 saturated heterocycles. The molecule has 0 spiro atoms. The number of aromatic nitrogens is 1. The van der Waals surface area contributed by atoms with Crippen LogP contribution in [-0.4, -0.2) is 38.3 Å². The lowest BCUT2D eigenvalue weighted by Crippen LogP contribution is -2.31. The van der Waals surface area contributed by atoms with Gasteiger partial charge in [-0.05, 0) is 18.6 Å². The van der Waals surface area contributed by atoms with Crippen LogP contribution in [0.2, 0.25) is 0 Å². The van der Waals surface area contributed by atoms with E-state index in [1.807, 2.05) is 13.0 Å². The standard InChI is InChI=1S/C11H18N4O2S/c1-8(7-18(2)17)14-6-9-4-3-5-13-10(9)11(12)15-16/h3-5,8,14,16H,6-7H2,1-2H3,(H2,12,15). The van der Waals surface area contributed by atoms with Gasteiger partial charge in [0.1, 0.15) is 5.69 Å².